The van der Waals surface area contributed by atoms with Crippen molar-refractivity contribution in [2.75, 3.05) is 36.3 Å². The van der Waals surface area contributed by atoms with Crippen molar-refractivity contribution >= 4 is 66.4 Å². The highest BCUT2D eigenvalue weighted by Crippen LogP contribution is 2.43. The summed E-state index contributed by atoms with van der Waals surface area (Å²) in [5, 5.41) is 3.73. The minimum absolute atomic E-state index is 0.0186. The van der Waals surface area contributed by atoms with E-state index >= 15 is 0 Å². The zero-order valence-corrected chi connectivity index (χ0v) is 25.2. The minimum Gasteiger partial charge on any atom is -0.465 e. The fraction of sp³-hybridized carbons (Fsp3) is 0.207. The van der Waals surface area contributed by atoms with Gasteiger partial charge in [-0.2, -0.15) is 0 Å². The molecule has 0 saturated heterocycles. The number of methoxy groups -OCH3 is 1. The lowest BCUT2D eigenvalue weighted by Crippen LogP contribution is -2.31. The van der Waals surface area contributed by atoms with E-state index in [4.69, 9.17) is 9.57 Å². The molecule has 0 unspecified atom stereocenters. The first-order chi connectivity index (χ1) is 19.5. The van der Waals surface area contributed by atoms with Crippen LogP contribution in [0.25, 0.3) is 11.3 Å². The molecule has 1 aliphatic heterocycles. The van der Waals surface area contributed by atoms with Crippen molar-refractivity contribution in [2.45, 2.75) is 18.7 Å². The lowest BCUT2D eigenvalue weighted by Gasteiger charge is -2.18. The maximum absolute atomic E-state index is 13.8. The standard InChI is InChI=1S/C29H28BrN3O7S/c1-18-16-24-25(17-23(18)29(36)39-4)33(19(2)34)28(35)26(24)27(20-8-6-5-7-9-20)31-21-10-12-22(13-11-21)41(37,38)32(3)40-15-14-30/h5-13,16-17,31H,14-15H2,1-4H3/b27-26+. The van der Waals surface area contributed by atoms with Gasteiger partial charge < -0.3 is 10.1 Å². The number of benzene rings is 3. The van der Waals surface area contributed by atoms with Gasteiger partial charge in [-0.25, -0.2) is 18.1 Å². The second-order valence-electron chi connectivity index (χ2n) is 9.04. The fourth-order valence-corrected chi connectivity index (χ4v) is 5.56. The number of fused-ring (bicyclic) bond motifs is 1. The Morgan fingerprint density at radius 1 is 1.05 bits per heavy atom. The lowest BCUT2D eigenvalue weighted by molar-refractivity contribution is -0.122. The van der Waals surface area contributed by atoms with Gasteiger partial charge in [0.15, 0.2) is 0 Å². The van der Waals surface area contributed by atoms with E-state index in [0.29, 0.717) is 33.4 Å². The molecule has 0 radical (unpaired) electrons. The number of aryl methyl sites for hydroxylation is 1. The molecule has 2 amide bonds. The Morgan fingerprint density at radius 3 is 2.29 bits per heavy atom. The first-order valence-electron chi connectivity index (χ1n) is 12.4. The van der Waals surface area contributed by atoms with E-state index in [1.54, 1.807) is 25.1 Å². The third-order valence-electron chi connectivity index (χ3n) is 6.41. The lowest BCUT2D eigenvalue weighted by atomic mass is 9.96. The van der Waals surface area contributed by atoms with Crippen LogP contribution >= 0.6 is 15.9 Å². The summed E-state index contributed by atoms with van der Waals surface area (Å²) < 4.78 is 31.4. The number of halogens is 1. The van der Waals surface area contributed by atoms with Gasteiger partial charge in [-0.15, -0.1) is 0 Å². The molecule has 0 spiro atoms. The summed E-state index contributed by atoms with van der Waals surface area (Å²) in [6.45, 7) is 3.17. The first kappa shape index (κ1) is 30.1. The topological polar surface area (TPSA) is 122 Å². The van der Waals surface area contributed by atoms with Gasteiger partial charge in [-0.1, -0.05) is 50.7 Å². The van der Waals surface area contributed by atoms with E-state index in [9.17, 15) is 22.8 Å². The summed E-state index contributed by atoms with van der Waals surface area (Å²) in [5.74, 6) is -1.66. The van der Waals surface area contributed by atoms with Crippen molar-refractivity contribution < 1.29 is 32.4 Å². The Balaban J connectivity index is 1.85. The monoisotopic (exact) mass is 641 g/mol. The number of rotatable bonds is 9. The number of carbonyl (C=O) groups is 3. The average Bonchev–Trinajstić information content (AvgIpc) is 3.24. The molecule has 0 fully saturated rings. The molecule has 214 valence electrons. The quantitative estimate of drug-likeness (QED) is 0.156. The van der Waals surface area contributed by atoms with E-state index in [2.05, 4.69) is 21.2 Å². The third kappa shape index (κ3) is 5.96. The van der Waals surface area contributed by atoms with E-state index in [1.807, 2.05) is 30.3 Å². The van der Waals surface area contributed by atoms with Gasteiger partial charge in [-0.3, -0.25) is 14.4 Å². The van der Waals surface area contributed by atoms with Crippen molar-refractivity contribution in [3.63, 3.8) is 0 Å². The van der Waals surface area contributed by atoms with Gasteiger partial charge in [0.05, 0.1) is 41.1 Å². The average molecular weight is 643 g/mol. The minimum atomic E-state index is -3.89. The molecule has 1 aliphatic rings. The third-order valence-corrected chi connectivity index (χ3v) is 8.39. The van der Waals surface area contributed by atoms with Crippen LogP contribution in [-0.2, 0) is 29.2 Å². The smallest absolute Gasteiger partial charge is 0.338 e. The van der Waals surface area contributed by atoms with Crippen LogP contribution in [0.2, 0.25) is 0 Å². The second-order valence-corrected chi connectivity index (χ2v) is 11.8. The van der Waals surface area contributed by atoms with Crippen LogP contribution in [0.3, 0.4) is 0 Å². The largest absolute Gasteiger partial charge is 0.465 e. The maximum Gasteiger partial charge on any atom is 0.338 e. The van der Waals surface area contributed by atoms with Crippen LogP contribution in [0.5, 0.6) is 0 Å². The SMILES string of the molecule is COC(=O)c1cc2c(cc1C)/C(=C(\Nc1ccc(S(=O)(=O)N(C)OCCBr)cc1)c1ccccc1)C(=O)N2C(C)=O. The number of anilines is 2. The Labute approximate surface area is 246 Å². The van der Waals surface area contributed by atoms with Gasteiger partial charge in [0.1, 0.15) is 0 Å². The summed E-state index contributed by atoms with van der Waals surface area (Å²) in [4.78, 5) is 45.1. The number of ether oxygens (including phenoxy) is 1. The number of carbonyl (C=O) groups excluding carboxylic acids is 3. The highest BCUT2D eigenvalue weighted by Gasteiger charge is 2.39. The molecule has 10 nitrogen and oxygen atoms in total. The Morgan fingerprint density at radius 2 is 1.71 bits per heavy atom. The first-order valence-corrected chi connectivity index (χ1v) is 15.0. The molecule has 3 aromatic rings. The summed E-state index contributed by atoms with van der Waals surface area (Å²) in [6.07, 6.45) is 0. The number of nitrogens with one attached hydrogen (secondary N) is 1. The van der Waals surface area contributed by atoms with Gasteiger partial charge in [0.25, 0.3) is 15.9 Å². The number of sulfonamides is 1. The van der Waals surface area contributed by atoms with Crippen LogP contribution in [0, 0.1) is 6.92 Å². The van der Waals surface area contributed by atoms with Crippen LogP contribution in [0.15, 0.2) is 71.6 Å². The molecule has 12 heteroatoms. The Kier molecular flexibility index (Phi) is 9.08. The van der Waals surface area contributed by atoms with Gasteiger partial charge >= 0.3 is 5.97 Å². The molecule has 0 aliphatic carbocycles. The normalized spacial score (nSPS) is 14.2. The van der Waals surface area contributed by atoms with Crippen LogP contribution in [0.1, 0.15) is 34.0 Å². The van der Waals surface area contributed by atoms with Gasteiger partial charge in [0.2, 0.25) is 5.91 Å². The summed E-state index contributed by atoms with van der Waals surface area (Å²) in [5.41, 5.74) is 3.32. The predicted octanol–water partition coefficient (Wildman–Crippen LogP) is 4.60. The molecule has 1 heterocycles. The van der Waals surface area contributed by atoms with Crippen molar-refractivity contribution in [1.82, 2.24) is 4.47 Å². The van der Waals surface area contributed by atoms with Crippen LogP contribution in [0.4, 0.5) is 11.4 Å². The Hall–Kier alpha value is -3.84. The number of imide groups is 1. The van der Waals surface area contributed by atoms with Crippen molar-refractivity contribution in [3.05, 3.63) is 89.0 Å². The molecular weight excluding hydrogens is 614 g/mol. The number of alkyl halides is 1. The molecule has 0 saturated carbocycles. The number of esters is 1. The molecule has 0 atom stereocenters. The Bertz CT molecular complexity index is 1640. The summed E-state index contributed by atoms with van der Waals surface area (Å²) in [7, 11) is -1.31. The molecular formula is C29H28BrN3O7S. The number of hydrogen-bond acceptors (Lipinski definition) is 8. The second kappa shape index (κ2) is 12.4. The summed E-state index contributed by atoms with van der Waals surface area (Å²) >= 11 is 3.20. The van der Waals surface area contributed by atoms with E-state index in [-0.39, 0.29) is 28.3 Å². The predicted molar refractivity (Wildman–Crippen MR) is 159 cm³/mol. The van der Waals surface area contributed by atoms with Crippen LogP contribution < -0.4 is 10.2 Å². The molecule has 0 aromatic heterocycles. The molecule has 1 N–H and O–H groups in total. The van der Waals surface area contributed by atoms with E-state index < -0.39 is 27.8 Å². The number of hydrogen-bond donors (Lipinski definition) is 1. The molecule has 0 bridgehead atoms. The molecule has 4 rings (SSSR count). The number of amides is 2. The zero-order chi connectivity index (χ0) is 29.9. The van der Waals surface area contributed by atoms with E-state index in [0.717, 1.165) is 9.37 Å². The van der Waals surface area contributed by atoms with Crippen LogP contribution in [-0.4, -0.2) is 56.8 Å². The van der Waals surface area contributed by atoms with Gasteiger partial charge in [-0.05, 0) is 54.4 Å². The highest BCUT2D eigenvalue weighted by atomic mass is 79.9. The van der Waals surface area contributed by atoms with Crippen molar-refractivity contribution in [2.24, 2.45) is 0 Å². The molecule has 41 heavy (non-hydrogen) atoms. The fourth-order valence-electron chi connectivity index (χ4n) is 4.42. The zero-order valence-electron chi connectivity index (χ0n) is 22.8. The van der Waals surface area contributed by atoms with E-state index in [1.165, 1.54) is 39.3 Å². The maximum atomic E-state index is 13.8. The highest BCUT2D eigenvalue weighted by molar-refractivity contribution is 9.09. The van der Waals surface area contributed by atoms with Gasteiger partial charge in [0, 0.05) is 30.6 Å². The van der Waals surface area contributed by atoms with Crippen molar-refractivity contribution in [1.29, 1.82) is 0 Å². The van der Waals surface area contributed by atoms with Crippen molar-refractivity contribution in [3.8, 4) is 0 Å². The number of hydroxylamine groups is 1. The molecule has 3 aromatic carbocycles. The summed E-state index contributed by atoms with van der Waals surface area (Å²) in [6, 6.07) is 18.2. The number of nitrogens with zero attached hydrogens (tertiary/aromatic N) is 2.